The Bertz CT molecular complexity index is 939. The fourth-order valence-corrected chi connectivity index (χ4v) is 3.55. The van der Waals surface area contributed by atoms with E-state index in [2.05, 4.69) is 5.48 Å². The van der Waals surface area contributed by atoms with Crippen molar-refractivity contribution in [3.63, 3.8) is 0 Å². The lowest BCUT2D eigenvalue weighted by atomic mass is 9.80. The summed E-state index contributed by atoms with van der Waals surface area (Å²) in [6.07, 6.45) is 1.77. The number of sulfonamides is 1. The maximum absolute atomic E-state index is 11.5. The van der Waals surface area contributed by atoms with E-state index in [0.717, 1.165) is 5.56 Å². The van der Waals surface area contributed by atoms with Crippen LogP contribution >= 0.6 is 0 Å². The second-order valence-corrected chi connectivity index (χ2v) is 7.50. The first-order valence-electron chi connectivity index (χ1n) is 7.88. The van der Waals surface area contributed by atoms with Gasteiger partial charge in [0.15, 0.2) is 0 Å². The van der Waals surface area contributed by atoms with Gasteiger partial charge in [0.1, 0.15) is 5.60 Å². The molecule has 26 heavy (non-hydrogen) atoms. The van der Waals surface area contributed by atoms with Crippen molar-refractivity contribution in [2.75, 3.05) is 0 Å². The number of primary sulfonamides is 1. The van der Waals surface area contributed by atoms with Crippen LogP contribution in [0.1, 0.15) is 24.0 Å². The molecule has 0 saturated heterocycles. The summed E-state index contributed by atoms with van der Waals surface area (Å²) in [6.45, 7) is 0. The van der Waals surface area contributed by atoms with Crippen LogP contribution in [0.25, 0.3) is 5.57 Å². The van der Waals surface area contributed by atoms with Gasteiger partial charge in [0.2, 0.25) is 10.0 Å². The van der Waals surface area contributed by atoms with Gasteiger partial charge in [-0.1, -0.05) is 42.5 Å². The van der Waals surface area contributed by atoms with Crippen LogP contribution in [0.3, 0.4) is 0 Å². The molecule has 1 atom stereocenters. The summed E-state index contributed by atoms with van der Waals surface area (Å²) in [5.41, 5.74) is 3.95. The molecule has 0 aliphatic carbocycles. The van der Waals surface area contributed by atoms with Crippen molar-refractivity contribution in [3.05, 3.63) is 71.9 Å². The molecule has 0 fully saturated rings. The van der Waals surface area contributed by atoms with Crippen molar-refractivity contribution < 1.29 is 23.2 Å². The Hall–Kier alpha value is -2.68. The monoisotopic (exact) mass is 374 g/mol. The van der Waals surface area contributed by atoms with E-state index >= 15 is 0 Å². The molecular weight excluding hydrogens is 356 g/mol. The normalized spacial score (nSPS) is 19.7. The van der Waals surface area contributed by atoms with Gasteiger partial charge < -0.3 is 5.11 Å². The number of nitrogens with two attached hydrogens (primary N) is 1. The predicted octanol–water partition coefficient (Wildman–Crippen LogP) is 1.97. The van der Waals surface area contributed by atoms with Crippen LogP contribution in [0.5, 0.6) is 0 Å². The zero-order chi connectivity index (χ0) is 18.8. The van der Waals surface area contributed by atoms with Crippen molar-refractivity contribution >= 4 is 21.6 Å². The number of nitrogens with one attached hydrogen (secondary N) is 1. The minimum atomic E-state index is -3.79. The number of hydrogen-bond donors (Lipinski definition) is 3. The Morgan fingerprint density at radius 1 is 1.12 bits per heavy atom. The molecule has 0 aromatic heterocycles. The Balaban J connectivity index is 2.05. The summed E-state index contributed by atoms with van der Waals surface area (Å²) in [5.74, 6) is -0.931. The highest BCUT2D eigenvalue weighted by Crippen LogP contribution is 2.45. The van der Waals surface area contributed by atoms with Crippen molar-refractivity contribution in [2.45, 2.75) is 23.3 Å². The van der Waals surface area contributed by atoms with Gasteiger partial charge in [-0.25, -0.2) is 13.6 Å². The second kappa shape index (κ2) is 6.91. The number of aliphatic carboxylic acids is 1. The molecule has 0 bridgehead atoms. The molecule has 0 saturated carbocycles. The fraction of sp³-hybridized carbons (Fsp3) is 0.167. The van der Waals surface area contributed by atoms with Gasteiger partial charge >= 0.3 is 5.97 Å². The Labute approximate surface area is 151 Å². The first kappa shape index (κ1) is 18.1. The molecule has 1 heterocycles. The van der Waals surface area contributed by atoms with Crippen LogP contribution in [-0.2, 0) is 25.3 Å². The summed E-state index contributed by atoms with van der Waals surface area (Å²) in [4.78, 5) is 16.9. The van der Waals surface area contributed by atoms with Gasteiger partial charge in [0, 0.05) is 18.2 Å². The SMILES string of the molecule is NS(=O)(=O)c1ccc(C2=CNOC2(CCC(=O)O)c2ccccc2)cc1. The van der Waals surface area contributed by atoms with E-state index in [4.69, 9.17) is 15.1 Å². The summed E-state index contributed by atoms with van der Waals surface area (Å²) in [6, 6.07) is 15.4. The highest BCUT2D eigenvalue weighted by molar-refractivity contribution is 7.89. The average molecular weight is 374 g/mol. The van der Waals surface area contributed by atoms with Gasteiger partial charge in [-0.3, -0.25) is 15.1 Å². The van der Waals surface area contributed by atoms with Gasteiger partial charge in [-0.05, 0) is 29.7 Å². The van der Waals surface area contributed by atoms with Crippen LogP contribution in [0.4, 0.5) is 0 Å². The van der Waals surface area contributed by atoms with Crippen LogP contribution in [0, 0.1) is 0 Å². The molecule has 136 valence electrons. The summed E-state index contributed by atoms with van der Waals surface area (Å²) in [5, 5.41) is 14.3. The van der Waals surface area contributed by atoms with E-state index in [1.165, 1.54) is 12.1 Å². The largest absolute Gasteiger partial charge is 0.481 e. The van der Waals surface area contributed by atoms with Crippen LogP contribution in [0.2, 0.25) is 0 Å². The lowest BCUT2D eigenvalue weighted by molar-refractivity contribution is -0.139. The topological polar surface area (TPSA) is 119 Å². The fourth-order valence-electron chi connectivity index (χ4n) is 3.04. The molecule has 1 aliphatic rings. The molecule has 3 rings (SSSR count). The van der Waals surface area contributed by atoms with E-state index in [0.29, 0.717) is 11.1 Å². The molecular formula is C18H18N2O5S. The number of carbonyl (C=O) groups is 1. The molecule has 0 radical (unpaired) electrons. The summed E-state index contributed by atoms with van der Waals surface area (Å²) in [7, 11) is -3.79. The lowest BCUT2D eigenvalue weighted by Crippen LogP contribution is -2.30. The standard InChI is InChI=1S/C18H18N2O5S/c19-26(23,24)15-8-6-13(7-9-15)16-12-20-25-18(16,11-10-17(21)22)14-4-2-1-3-5-14/h1-9,12,20H,10-11H2,(H,21,22)(H2,19,23,24). The molecule has 4 N–H and O–H groups in total. The molecule has 2 aromatic carbocycles. The predicted molar refractivity (Wildman–Crippen MR) is 95.0 cm³/mol. The maximum Gasteiger partial charge on any atom is 0.303 e. The summed E-state index contributed by atoms with van der Waals surface area (Å²) >= 11 is 0. The van der Waals surface area contributed by atoms with Gasteiger partial charge in [-0.2, -0.15) is 0 Å². The van der Waals surface area contributed by atoms with Gasteiger partial charge in [0.05, 0.1) is 4.90 Å². The second-order valence-electron chi connectivity index (χ2n) is 5.93. The van der Waals surface area contributed by atoms with E-state index in [1.807, 2.05) is 30.3 Å². The average Bonchev–Trinajstić information content (AvgIpc) is 3.05. The third-order valence-electron chi connectivity index (χ3n) is 4.30. The zero-order valence-corrected chi connectivity index (χ0v) is 14.6. The number of hydrogen-bond acceptors (Lipinski definition) is 5. The molecule has 0 spiro atoms. The Kier molecular flexibility index (Phi) is 4.82. The lowest BCUT2D eigenvalue weighted by Gasteiger charge is -2.30. The van der Waals surface area contributed by atoms with Crippen LogP contribution < -0.4 is 10.6 Å². The highest BCUT2D eigenvalue weighted by Gasteiger charge is 2.42. The third-order valence-corrected chi connectivity index (χ3v) is 5.23. The first-order chi connectivity index (χ1) is 12.3. The number of carboxylic acids is 1. The molecule has 2 aromatic rings. The Morgan fingerprint density at radius 3 is 2.35 bits per heavy atom. The number of benzene rings is 2. The van der Waals surface area contributed by atoms with Crippen LogP contribution in [0.15, 0.2) is 65.7 Å². The highest BCUT2D eigenvalue weighted by atomic mass is 32.2. The zero-order valence-electron chi connectivity index (χ0n) is 13.8. The van der Waals surface area contributed by atoms with E-state index in [-0.39, 0.29) is 17.7 Å². The molecule has 1 aliphatic heterocycles. The van der Waals surface area contributed by atoms with Gasteiger partial charge in [0.25, 0.3) is 0 Å². The number of hydroxylamine groups is 1. The first-order valence-corrected chi connectivity index (χ1v) is 9.42. The third kappa shape index (κ3) is 3.48. The molecule has 8 heteroatoms. The van der Waals surface area contributed by atoms with Crippen molar-refractivity contribution in [1.82, 2.24) is 5.48 Å². The number of carboxylic acid groups (broad SMARTS) is 1. The van der Waals surface area contributed by atoms with Crippen LogP contribution in [-0.4, -0.2) is 19.5 Å². The molecule has 1 unspecified atom stereocenters. The summed E-state index contributed by atoms with van der Waals surface area (Å²) < 4.78 is 22.9. The Morgan fingerprint density at radius 2 is 1.77 bits per heavy atom. The van der Waals surface area contributed by atoms with Crippen molar-refractivity contribution in [3.8, 4) is 0 Å². The smallest absolute Gasteiger partial charge is 0.303 e. The van der Waals surface area contributed by atoms with E-state index in [1.54, 1.807) is 18.3 Å². The van der Waals surface area contributed by atoms with E-state index in [9.17, 15) is 13.2 Å². The minimum Gasteiger partial charge on any atom is -0.481 e. The molecule has 7 nitrogen and oxygen atoms in total. The maximum atomic E-state index is 11.5. The quantitative estimate of drug-likeness (QED) is 0.711. The van der Waals surface area contributed by atoms with Gasteiger partial charge in [-0.15, -0.1) is 0 Å². The van der Waals surface area contributed by atoms with E-state index < -0.39 is 21.6 Å². The van der Waals surface area contributed by atoms with Crippen molar-refractivity contribution in [2.24, 2.45) is 5.14 Å². The molecule has 0 amide bonds. The van der Waals surface area contributed by atoms with Crippen molar-refractivity contribution in [1.29, 1.82) is 0 Å². The minimum absolute atomic E-state index is 0.00423. The number of rotatable bonds is 6.